The number of ether oxygens (including phenoxy) is 6. The van der Waals surface area contributed by atoms with Crippen LogP contribution in [0.1, 0.15) is 250 Å². The van der Waals surface area contributed by atoms with Gasteiger partial charge in [-0.25, -0.2) is 14.4 Å². The molecule has 0 radical (unpaired) electrons. The maximum Gasteiger partial charge on any atom is 0.338 e. The SMILES string of the molecule is CCCC[N+](CC)(CCC)CCOC(=O)c1cccc2ccccc12.CCC[N+](CC)(CCC)CCOC(=O)C1CCc2ccccc21.CCC[N+](CC)(CCC)CCOC(=O)c1cccc2ccccc12.CC[N+](CC)(CC)CCOC(=O)C1CCc2ccccc21.CC[N+](CC)(CC)CCOC(=O)c1cccc2ccccc12.C[N+](C)(C)CCOC(=O)C1CCc2ccccc21. The van der Waals surface area contributed by atoms with Crippen LogP contribution in [-0.2, 0) is 62.1 Å². The van der Waals surface area contributed by atoms with Gasteiger partial charge < -0.3 is 55.3 Å². The molecule has 18 nitrogen and oxygen atoms in total. The summed E-state index contributed by atoms with van der Waals surface area (Å²) in [6.45, 7) is 58.5. The number of esters is 6. The molecule has 0 N–H and O–H groups in total. The number of unbranched alkanes of at least 4 members (excludes halogenated alkanes) is 1. The number of aryl methyl sites for hydroxylation is 3. The average molecular weight is 1830 g/mol. The normalized spacial score (nSPS) is 14.8. The van der Waals surface area contributed by atoms with Gasteiger partial charge in [-0.1, -0.05) is 230 Å². The topological polar surface area (TPSA) is 158 Å². The standard InChI is InChI=1S/C22H32NO2.C21H30NO2.C20H32NO2.C19H26NO2.C18H28NO2.C15H22NO2/c1-4-7-16-23(6-3,15-5-2)17-18-25-22(24)21-14-10-12-19-11-8-9-13-20(19)21;1-4-14-22(6-3,15-5-2)16-17-24-21(23)20-13-9-11-18-10-7-8-12-19(18)20;1-4-13-21(6-3,14-5-2)15-16-23-20(22)19-12-11-17-9-7-8-10-18(17)19;1-4-20(5-2,6-3)14-15-22-19(21)18-13-9-11-16-10-7-8-12-17(16)18;1-4-19(5-2,6-3)13-14-21-18(20)17-12-11-15-9-7-8-10-16(15)17;1-16(2,3)10-11-18-15(17)14-9-8-12-6-4-5-7-13(12)14/h8-14H,4-7,15-18H2,1-3H3;7-13H,4-6,14-17H2,1-3H3;7-10,19H,4-6,11-16H2,1-3H3;7-13H,4-6,14-15H2,1-3H3;7-10,17H,4-6,11-14H2,1-3H3;4-7,14H,8-11H2,1-3H3/q6*+1. The Morgan fingerprint density at radius 3 is 0.744 bits per heavy atom. The third kappa shape index (κ3) is 33.1. The first-order valence-electron chi connectivity index (χ1n) is 51.0. The van der Waals surface area contributed by atoms with Crippen LogP contribution in [0.3, 0.4) is 0 Å². The second kappa shape index (κ2) is 57.3. The molecule has 0 fully saturated rings. The van der Waals surface area contributed by atoms with Gasteiger partial charge in [0.2, 0.25) is 0 Å². The lowest BCUT2D eigenvalue weighted by molar-refractivity contribution is -0.926. The number of likely N-dealkylation sites (N-methyl/N-ethyl adjacent to an activating group) is 6. The number of rotatable bonds is 46. The van der Waals surface area contributed by atoms with Crippen LogP contribution in [0, 0.1) is 0 Å². The zero-order chi connectivity index (χ0) is 96.7. The summed E-state index contributed by atoms with van der Waals surface area (Å²) in [5.41, 5.74) is 9.40. The minimum atomic E-state index is -0.224. The van der Waals surface area contributed by atoms with Crippen molar-refractivity contribution in [3.8, 4) is 0 Å². The van der Waals surface area contributed by atoms with E-state index in [2.05, 4.69) is 161 Å². The molecule has 12 rings (SSSR count). The number of hydrogen-bond acceptors (Lipinski definition) is 12. The van der Waals surface area contributed by atoms with Crippen LogP contribution >= 0.6 is 0 Å². The second-order valence-corrected chi connectivity index (χ2v) is 37.7. The minimum Gasteiger partial charge on any atom is -0.459 e. The fourth-order valence-corrected chi connectivity index (χ4v) is 19.8. The van der Waals surface area contributed by atoms with Gasteiger partial charge in [0.25, 0.3) is 0 Å². The highest BCUT2D eigenvalue weighted by Gasteiger charge is 2.35. The Bertz CT molecular complexity index is 4950. The zero-order valence-corrected chi connectivity index (χ0v) is 85.2. The van der Waals surface area contributed by atoms with Crippen molar-refractivity contribution >= 4 is 68.1 Å². The molecule has 0 aliphatic heterocycles. The summed E-state index contributed by atoms with van der Waals surface area (Å²) in [6.07, 6.45) is 13.9. The van der Waals surface area contributed by atoms with Gasteiger partial charge in [-0.2, -0.15) is 0 Å². The number of carbonyl (C=O) groups is 6. The van der Waals surface area contributed by atoms with E-state index in [1.165, 1.54) is 73.1 Å². The van der Waals surface area contributed by atoms with Crippen molar-refractivity contribution < 1.29 is 84.1 Å². The minimum absolute atomic E-state index is 0.0304. The molecule has 4 atom stereocenters. The summed E-state index contributed by atoms with van der Waals surface area (Å²) >= 11 is 0. The van der Waals surface area contributed by atoms with Crippen LogP contribution < -0.4 is 0 Å². The molecule has 0 saturated carbocycles. The molecular weight excluding hydrogens is 1660 g/mol. The first-order chi connectivity index (χ1) is 64.2. The van der Waals surface area contributed by atoms with E-state index in [9.17, 15) is 28.8 Å². The van der Waals surface area contributed by atoms with Gasteiger partial charge in [-0.3, -0.25) is 14.4 Å². The van der Waals surface area contributed by atoms with Crippen molar-refractivity contribution in [2.75, 3.05) is 198 Å². The Morgan fingerprint density at radius 2 is 0.481 bits per heavy atom. The lowest BCUT2D eigenvalue weighted by Gasteiger charge is -2.37. The molecule has 133 heavy (non-hydrogen) atoms. The van der Waals surface area contributed by atoms with E-state index in [4.69, 9.17) is 28.4 Å². The highest BCUT2D eigenvalue weighted by Crippen LogP contribution is 2.37. The largest absolute Gasteiger partial charge is 0.459 e. The molecule has 0 aromatic heterocycles. The van der Waals surface area contributed by atoms with Crippen molar-refractivity contribution in [3.05, 3.63) is 250 Å². The molecular formula is C115H170N6O12+6. The summed E-state index contributed by atoms with van der Waals surface area (Å²) in [7, 11) is 6.29. The van der Waals surface area contributed by atoms with Gasteiger partial charge >= 0.3 is 35.8 Å². The Kier molecular flexibility index (Phi) is 47.5. The van der Waals surface area contributed by atoms with Crippen LogP contribution in [0.5, 0.6) is 0 Å². The van der Waals surface area contributed by atoms with E-state index in [0.717, 1.165) is 240 Å². The van der Waals surface area contributed by atoms with E-state index in [-0.39, 0.29) is 53.6 Å². The highest BCUT2D eigenvalue weighted by molar-refractivity contribution is 6.06. The molecule has 18 heteroatoms. The molecule has 0 heterocycles. The number of benzene rings is 9. The van der Waals surface area contributed by atoms with Gasteiger partial charge in [0.1, 0.15) is 78.9 Å². The van der Waals surface area contributed by atoms with Crippen molar-refractivity contribution in [2.24, 2.45) is 0 Å². The molecule has 0 amide bonds. The highest BCUT2D eigenvalue weighted by atomic mass is 16.6. The third-order valence-electron chi connectivity index (χ3n) is 28.8. The monoisotopic (exact) mass is 1830 g/mol. The van der Waals surface area contributed by atoms with Gasteiger partial charge in [0.15, 0.2) is 0 Å². The van der Waals surface area contributed by atoms with Gasteiger partial charge in [0.05, 0.1) is 154 Å². The molecule has 3 aliphatic carbocycles. The van der Waals surface area contributed by atoms with Crippen LogP contribution in [0.2, 0.25) is 0 Å². The molecule has 4 unspecified atom stereocenters. The van der Waals surface area contributed by atoms with E-state index >= 15 is 0 Å². The van der Waals surface area contributed by atoms with E-state index in [1.807, 2.05) is 164 Å². The average Bonchev–Trinajstić information content (AvgIpc) is 1.31. The summed E-state index contributed by atoms with van der Waals surface area (Å²) in [6, 6.07) is 65.9. The summed E-state index contributed by atoms with van der Waals surface area (Å²) in [5, 5.41) is 6.09. The first-order valence-corrected chi connectivity index (χ1v) is 51.0. The Morgan fingerprint density at radius 1 is 0.248 bits per heavy atom. The predicted octanol–water partition coefficient (Wildman–Crippen LogP) is 22.6. The molecule has 9 aromatic carbocycles. The maximum absolute atomic E-state index is 12.6. The number of nitrogens with zero attached hydrogens (tertiary/aromatic N) is 6. The Labute approximate surface area is 801 Å². The molecule has 9 aromatic rings. The summed E-state index contributed by atoms with van der Waals surface area (Å²) in [4.78, 5) is 74.3. The molecule has 726 valence electrons. The predicted molar refractivity (Wildman–Crippen MR) is 547 cm³/mol. The molecule has 3 aliphatic rings. The smallest absolute Gasteiger partial charge is 0.338 e. The molecule has 0 bridgehead atoms. The Balaban J connectivity index is 0.000000218. The fraction of sp³-hybridized carbons (Fsp3) is 0.530. The number of carbonyl (C=O) groups excluding carboxylic acids is 6. The van der Waals surface area contributed by atoms with Gasteiger partial charge in [-0.15, -0.1) is 0 Å². The lowest BCUT2D eigenvalue weighted by atomic mass is 10.0. The van der Waals surface area contributed by atoms with Crippen LogP contribution in [-0.4, -0.2) is 261 Å². The zero-order valence-electron chi connectivity index (χ0n) is 85.2. The van der Waals surface area contributed by atoms with Crippen LogP contribution in [0.25, 0.3) is 32.3 Å². The van der Waals surface area contributed by atoms with E-state index < -0.39 is 0 Å². The molecule has 0 saturated heterocycles. The van der Waals surface area contributed by atoms with Crippen molar-refractivity contribution in [2.45, 2.75) is 205 Å². The maximum atomic E-state index is 12.6. The number of fused-ring (bicyclic) bond motifs is 6. The van der Waals surface area contributed by atoms with Crippen molar-refractivity contribution in [3.63, 3.8) is 0 Å². The van der Waals surface area contributed by atoms with Gasteiger partial charge in [-0.05, 0) is 223 Å². The second-order valence-electron chi connectivity index (χ2n) is 37.7. The van der Waals surface area contributed by atoms with Crippen LogP contribution in [0.4, 0.5) is 0 Å². The van der Waals surface area contributed by atoms with E-state index in [0.29, 0.717) is 56.3 Å². The van der Waals surface area contributed by atoms with Gasteiger partial charge in [0, 0.05) is 0 Å². The third-order valence-corrected chi connectivity index (χ3v) is 28.8. The Hall–Kier alpha value is -9.66. The molecule has 0 spiro atoms. The van der Waals surface area contributed by atoms with Crippen molar-refractivity contribution in [1.82, 2.24) is 0 Å². The van der Waals surface area contributed by atoms with Crippen LogP contribution in [0.15, 0.2) is 200 Å². The van der Waals surface area contributed by atoms with Crippen molar-refractivity contribution in [1.29, 1.82) is 0 Å². The number of hydrogen-bond donors (Lipinski definition) is 0. The summed E-state index contributed by atoms with van der Waals surface area (Å²) in [5.74, 6) is -0.925. The quantitative estimate of drug-likeness (QED) is 0.0202. The first kappa shape index (κ1) is 110. The lowest BCUT2D eigenvalue weighted by Crippen LogP contribution is -2.51. The summed E-state index contributed by atoms with van der Waals surface area (Å²) < 4.78 is 39.5. The number of quaternary nitrogens is 6. The fourth-order valence-electron chi connectivity index (χ4n) is 19.8. The van der Waals surface area contributed by atoms with E-state index in [1.54, 1.807) is 0 Å².